The SMILES string of the molecule is COCOCc1cc(F)c(-n2cnc(C(=O)NCCc3ccccc3)c2)cc1OS(=O)(=O)C(F)(F)F. The summed E-state index contributed by atoms with van der Waals surface area (Å²) in [5, 5.41) is 2.66. The summed E-state index contributed by atoms with van der Waals surface area (Å²) in [6.07, 6.45) is 2.75. The van der Waals surface area contributed by atoms with Crippen LogP contribution in [0.5, 0.6) is 5.75 Å². The van der Waals surface area contributed by atoms with Crippen LogP contribution in [0.25, 0.3) is 5.69 Å². The van der Waals surface area contributed by atoms with Gasteiger partial charge in [0.1, 0.15) is 24.6 Å². The molecule has 9 nitrogen and oxygen atoms in total. The predicted octanol–water partition coefficient (Wildman–Crippen LogP) is 3.33. The number of benzene rings is 2. The van der Waals surface area contributed by atoms with Gasteiger partial charge >= 0.3 is 15.6 Å². The van der Waals surface area contributed by atoms with Gasteiger partial charge in [-0.2, -0.15) is 21.6 Å². The predicted molar refractivity (Wildman–Crippen MR) is 118 cm³/mol. The second kappa shape index (κ2) is 11.5. The van der Waals surface area contributed by atoms with Gasteiger partial charge in [0.25, 0.3) is 5.91 Å². The minimum absolute atomic E-state index is 0.0969. The van der Waals surface area contributed by atoms with E-state index in [2.05, 4.69) is 19.2 Å². The molecule has 3 rings (SSSR count). The van der Waals surface area contributed by atoms with Gasteiger partial charge in [-0.1, -0.05) is 30.3 Å². The number of carbonyl (C=O) groups excluding carboxylic acids is 1. The molecular weight excluding hydrogens is 510 g/mol. The molecule has 1 heterocycles. The second-order valence-electron chi connectivity index (χ2n) is 7.31. The molecule has 1 aromatic heterocycles. The Balaban J connectivity index is 1.83. The van der Waals surface area contributed by atoms with Gasteiger partial charge in [0.05, 0.1) is 12.3 Å². The smallest absolute Gasteiger partial charge is 0.376 e. The lowest BCUT2D eigenvalue weighted by Crippen LogP contribution is -2.28. The number of ether oxygens (including phenoxy) is 2. The highest BCUT2D eigenvalue weighted by Crippen LogP contribution is 2.32. The summed E-state index contributed by atoms with van der Waals surface area (Å²) >= 11 is 0. The molecule has 194 valence electrons. The minimum atomic E-state index is -6.06. The van der Waals surface area contributed by atoms with E-state index in [1.807, 2.05) is 30.3 Å². The highest BCUT2D eigenvalue weighted by atomic mass is 32.2. The van der Waals surface area contributed by atoms with Crippen LogP contribution in [0.1, 0.15) is 21.6 Å². The Morgan fingerprint density at radius 3 is 2.56 bits per heavy atom. The minimum Gasteiger partial charge on any atom is -0.376 e. The molecule has 3 aromatic rings. The summed E-state index contributed by atoms with van der Waals surface area (Å²) in [5.74, 6) is -2.34. The van der Waals surface area contributed by atoms with E-state index in [1.54, 1.807) is 0 Å². The van der Waals surface area contributed by atoms with Crippen LogP contribution in [-0.2, 0) is 32.6 Å². The van der Waals surface area contributed by atoms with Crippen molar-refractivity contribution < 1.29 is 44.4 Å². The van der Waals surface area contributed by atoms with E-state index in [9.17, 15) is 30.8 Å². The number of hydrogen-bond donors (Lipinski definition) is 1. The molecule has 0 saturated heterocycles. The van der Waals surface area contributed by atoms with Crippen molar-refractivity contribution >= 4 is 16.0 Å². The zero-order valence-electron chi connectivity index (χ0n) is 18.8. The summed E-state index contributed by atoms with van der Waals surface area (Å²) in [7, 11) is -4.77. The third-order valence-electron chi connectivity index (χ3n) is 4.71. The van der Waals surface area contributed by atoms with Crippen molar-refractivity contribution in [3.63, 3.8) is 0 Å². The summed E-state index contributed by atoms with van der Waals surface area (Å²) in [4.78, 5) is 16.3. The summed E-state index contributed by atoms with van der Waals surface area (Å²) in [6, 6.07) is 10.9. The quantitative estimate of drug-likeness (QED) is 0.133. The number of rotatable bonds is 11. The molecule has 0 aliphatic rings. The van der Waals surface area contributed by atoms with Gasteiger partial charge < -0.3 is 23.5 Å². The van der Waals surface area contributed by atoms with Gasteiger partial charge in [-0.3, -0.25) is 4.79 Å². The second-order valence-corrected chi connectivity index (χ2v) is 8.85. The lowest BCUT2D eigenvalue weighted by molar-refractivity contribution is -0.0505. The maximum absolute atomic E-state index is 14.8. The lowest BCUT2D eigenvalue weighted by atomic mass is 10.1. The van der Waals surface area contributed by atoms with Gasteiger partial charge in [-0.05, 0) is 18.1 Å². The molecule has 0 saturated carbocycles. The Morgan fingerprint density at radius 2 is 1.89 bits per heavy atom. The number of nitrogens with one attached hydrogen (secondary N) is 1. The largest absolute Gasteiger partial charge is 0.534 e. The Bertz CT molecular complexity index is 1300. The molecule has 14 heteroatoms. The number of halogens is 4. The first-order chi connectivity index (χ1) is 17.0. The normalized spacial score (nSPS) is 11.9. The van der Waals surface area contributed by atoms with Crippen molar-refractivity contribution in [3.05, 3.63) is 77.6 Å². The van der Waals surface area contributed by atoms with Gasteiger partial charge in [0.2, 0.25) is 0 Å². The number of alkyl halides is 3. The van der Waals surface area contributed by atoms with Crippen molar-refractivity contribution in [3.8, 4) is 11.4 Å². The monoisotopic (exact) mass is 531 g/mol. The molecule has 1 N–H and O–H groups in total. The molecule has 0 fully saturated rings. The number of hydrogen-bond acceptors (Lipinski definition) is 7. The van der Waals surface area contributed by atoms with E-state index in [1.165, 1.54) is 7.11 Å². The zero-order chi connectivity index (χ0) is 26.3. The number of nitrogens with zero attached hydrogens (tertiary/aromatic N) is 2. The number of amides is 1. The maximum Gasteiger partial charge on any atom is 0.534 e. The molecule has 0 aliphatic heterocycles. The lowest BCUT2D eigenvalue weighted by Gasteiger charge is -2.15. The van der Waals surface area contributed by atoms with Crippen LogP contribution in [0, 0.1) is 5.82 Å². The van der Waals surface area contributed by atoms with Crippen molar-refractivity contribution in [2.75, 3.05) is 20.4 Å². The molecule has 0 atom stereocenters. The molecule has 0 bridgehead atoms. The van der Waals surface area contributed by atoms with Crippen molar-refractivity contribution in [2.45, 2.75) is 18.5 Å². The first-order valence-electron chi connectivity index (χ1n) is 10.3. The molecule has 2 aromatic carbocycles. The molecule has 36 heavy (non-hydrogen) atoms. The van der Waals surface area contributed by atoms with Gasteiger partial charge in [-0.25, -0.2) is 9.37 Å². The van der Waals surface area contributed by atoms with Crippen LogP contribution >= 0.6 is 0 Å². The Morgan fingerprint density at radius 1 is 1.17 bits per heavy atom. The van der Waals surface area contributed by atoms with E-state index in [0.717, 1.165) is 34.8 Å². The highest BCUT2D eigenvalue weighted by molar-refractivity contribution is 7.88. The van der Waals surface area contributed by atoms with Crippen LogP contribution in [0.4, 0.5) is 17.6 Å². The number of methoxy groups -OCH3 is 1. The first-order valence-corrected chi connectivity index (χ1v) is 11.7. The molecule has 0 spiro atoms. The van der Waals surface area contributed by atoms with Gasteiger partial charge in [-0.15, -0.1) is 0 Å². The number of aromatic nitrogens is 2. The third-order valence-corrected chi connectivity index (χ3v) is 5.67. The maximum atomic E-state index is 14.8. The zero-order valence-corrected chi connectivity index (χ0v) is 19.6. The third kappa shape index (κ3) is 6.80. The number of imidazole rings is 1. The molecule has 0 unspecified atom stereocenters. The Kier molecular flexibility index (Phi) is 8.66. The Labute approximate surface area is 203 Å². The fourth-order valence-electron chi connectivity index (χ4n) is 3.00. The van der Waals surface area contributed by atoms with Crippen LogP contribution in [0.15, 0.2) is 55.0 Å². The molecule has 1 amide bonds. The summed E-state index contributed by atoms with van der Waals surface area (Å²) in [6.45, 7) is -0.501. The average molecular weight is 531 g/mol. The van der Waals surface area contributed by atoms with Crippen LogP contribution in [0.3, 0.4) is 0 Å². The molecule has 0 radical (unpaired) electrons. The van der Waals surface area contributed by atoms with E-state index < -0.39 is 45.4 Å². The van der Waals surface area contributed by atoms with Crippen LogP contribution in [0.2, 0.25) is 0 Å². The van der Waals surface area contributed by atoms with E-state index in [4.69, 9.17) is 4.74 Å². The number of carbonyl (C=O) groups is 1. The fraction of sp³-hybridized carbons (Fsp3) is 0.273. The first kappa shape index (κ1) is 27.1. The molecular formula is C22H21F4N3O6S. The summed E-state index contributed by atoms with van der Waals surface area (Å²) in [5.41, 5.74) is -5.54. The van der Waals surface area contributed by atoms with Gasteiger partial charge in [0, 0.05) is 31.5 Å². The van der Waals surface area contributed by atoms with Crippen LogP contribution in [-0.4, -0.2) is 49.8 Å². The van der Waals surface area contributed by atoms with Crippen molar-refractivity contribution in [1.29, 1.82) is 0 Å². The Hall–Kier alpha value is -3.49. The highest BCUT2D eigenvalue weighted by Gasteiger charge is 2.49. The van der Waals surface area contributed by atoms with Crippen LogP contribution < -0.4 is 9.50 Å². The van der Waals surface area contributed by atoms with E-state index in [0.29, 0.717) is 13.0 Å². The van der Waals surface area contributed by atoms with E-state index in [-0.39, 0.29) is 18.1 Å². The average Bonchev–Trinajstić information content (AvgIpc) is 3.31. The molecule has 0 aliphatic carbocycles. The van der Waals surface area contributed by atoms with E-state index >= 15 is 0 Å². The standard InChI is InChI=1S/C22H21F4N3O6S/c1-33-14-34-12-16-9-17(23)19(10-20(16)35-36(31,32)22(24,25)26)29-11-18(28-13-29)21(30)27-8-7-15-5-3-2-4-6-15/h2-6,9-11,13H,7-8,12,14H2,1H3,(H,27,30). The van der Waals surface area contributed by atoms with Gasteiger partial charge in [0.15, 0.2) is 5.75 Å². The van der Waals surface area contributed by atoms with Crippen molar-refractivity contribution in [1.82, 2.24) is 14.9 Å². The van der Waals surface area contributed by atoms with Crippen molar-refractivity contribution in [2.24, 2.45) is 0 Å². The fourth-order valence-corrected chi connectivity index (χ4v) is 3.49. The summed E-state index contributed by atoms with van der Waals surface area (Å²) < 4.78 is 91.4. The topological polar surface area (TPSA) is 109 Å².